The second kappa shape index (κ2) is 12.7. The van der Waals surface area contributed by atoms with E-state index in [2.05, 4.69) is 0 Å². The Morgan fingerprint density at radius 2 is 2.00 bits per heavy atom. The Hall–Kier alpha value is -1.86. The number of ether oxygens (including phenoxy) is 1. The van der Waals surface area contributed by atoms with Crippen LogP contribution in [0.15, 0.2) is 48.6 Å². The summed E-state index contributed by atoms with van der Waals surface area (Å²) in [6, 6.07) is 6.92. The molecular formula is C23H31ClO6. The van der Waals surface area contributed by atoms with Crippen LogP contribution in [0.4, 0.5) is 0 Å². The summed E-state index contributed by atoms with van der Waals surface area (Å²) in [4.78, 5) is 10.5. The molecule has 4 N–H and O–H groups in total. The Balaban J connectivity index is 1.88. The number of aliphatic hydroxyl groups excluding tert-OH is 3. The molecule has 30 heavy (non-hydrogen) atoms. The number of benzene rings is 1. The van der Waals surface area contributed by atoms with Gasteiger partial charge in [-0.05, 0) is 56.2 Å². The molecule has 0 aromatic heterocycles. The summed E-state index contributed by atoms with van der Waals surface area (Å²) < 4.78 is 5.53. The van der Waals surface area contributed by atoms with Crippen molar-refractivity contribution in [3.63, 3.8) is 0 Å². The zero-order valence-corrected chi connectivity index (χ0v) is 17.7. The Morgan fingerprint density at radius 1 is 1.23 bits per heavy atom. The van der Waals surface area contributed by atoms with Gasteiger partial charge in [-0.2, -0.15) is 0 Å². The highest BCUT2D eigenvalue weighted by Crippen LogP contribution is 2.34. The third-order valence-electron chi connectivity index (χ3n) is 5.30. The molecule has 0 unspecified atom stereocenters. The number of hydrogen-bond donors (Lipinski definition) is 4. The topological polar surface area (TPSA) is 107 Å². The maximum absolute atomic E-state index is 10.5. The molecule has 0 spiro atoms. The first kappa shape index (κ1) is 24.4. The molecule has 1 fully saturated rings. The Kier molecular flexibility index (Phi) is 10.4. The number of rotatable bonds is 11. The predicted molar refractivity (Wildman–Crippen MR) is 116 cm³/mol. The first-order valence-electron chi connectivity index (χ1n) is 10.3. The minimum Gasteiger partial charge on any atom is -0.491 e. The van der Waals surface area contributed by atoms with Crippen molar-refractivity contribution >= 4 is 17.6 Å². The van der Waals surface area contributed by atoms with Crippen LogP contribution in [0, 0.1) is 11.8 Å². The lowest BCUT2D eigenvalue weighted by Gasteiger charge is -2.37. The fraction of sp³-hybridized carbons (Fsp3) is 0.522. The van der Waals surface area contributed by atoms with Gasteiger partial charge in [-0.1, -0.05) is 42.0 Å². The summed E-state index contributed by atoms with van der Waals surface area (Å²) in [5.74, 6) is -0.689. The van der Waals surface area contributed by atoms with E-state index >= 15 is 0 Å². The van der Waals surface area contributed by atoms with Crippen molar-refractivity contribution in [2.75, 3.05) is 6.61 Å². The molecule has 1 saturated carbocycles. The Labute approximate surface area is 182 Å². The van der Waals surface area contributed by atoms with Gasteiger partial charge in [0.2, 0.25) is 0 Å². The summed E-state index contributed by atoms with van der Waals surface area (Å²) >= 11 is 5.91. The number of carboxylic acids is 1. The first-order valence-corrected chi connectivity index (χ1v) is 10.7. The molecule has 1 aliphatic carbocycles. The molecule has 5 atom stereocenters. The molecule has 1 aliphatic rings. The second-order valence-electron chi connectivity index (χ2n) is 7.67. The lowest BCUT2D eigenvalue weighted by atomic mass is 9.73. The van der Waals surface area contributed by atoms with Gasteiger partial charge in [-0.15, -0.1) is 0 Å². The number of allylic oxidation sites excluding steroid dienone is 2. The van der Waals surface area contributed by atoms with Gasteiger partial charge in [0.15, 0.2) is 0 Å². The van der Waals surface area contributed by atoms with Crippen molar-refractivity contribution in [2.24, 2.45) is 11.8 Å². The standard InChI is InChI=1S/C23H31ClO6/c24-16-6-5-7-18(14-16)30-15-17(25)10-11-20-19(21(26)12-13-22(20)27)8-3-1-2-4-9-23(28)29/h1,3,5-7,10-11,14,17,19-22,25-27H,2,4,8-9,12-13,15H2,(H,28,29)/b3-1-,11-10+/t17-,19+,20+,21-,22+/m0/s1. The molecule has 166 valence electrons. The highest BCUT2D eigenvalue weighted by molar-refractivity contribution is 6.30. The average Bonchev–Trinajstić information content (AvgIpc) is 2.70. The number of aliphatic hydroxyl groups is 3. The van der Waals surface area contributed by atoms with Crippen LogP contribution in [0.3, 0.4) is 0 Å². The molecule has 1 aromatic rings. The smallest absolute Gasteiger partial charge is 0.303 e. The van der Waals surface area contributed by atoms with Gasteiger partial charge in [0, 0.05) is 17.4 Å². The zero-order chi connectivity index (χ0) is 21.9. The largest absolute Gasteiger partial charge is 0.491 e. The Bertz CT molecular complexity index is 719. The molecule has 0 aliphatic heterocycles. The molecule has 2 rings (SSSR count). The second-order valence-corrected chi connectivity index (χ2v) is 8.10. The summed E-state index contributed by atoms with van der Waals surface area (Å²) in [6.07, 6.45) is 8.23. The maximum atomic E-state index is 10.5. The summed E-state index contributed by atoms with van der Waals surface area (Å²) in [5, 5.41) is 40.3. The van der Waals surface area contributed by atoms with E-state index in [1.54, 1.807) is 36.4 Å². The lowest BCUT2D eigenvalue weighted by Crippen LogP contribution is -2.40. The van der Waals surface area contributed by atoms with Gasteiger partial charge >= 0.3 is 5.97 Å². The third kappa shape index (κ3) is 8.48. The highest BCUT2D eigenvalue weighted by Gasteiger charge is 2.35. The minimum absolute atomic E-state index is 0.0519. The van der Waals surface area contributed by atoms with Crippen molar-refractivity contribution in [1.29, 1.82) is 0 Å². The quantitative estimate of drug-likeness (QED) is 0.310. The van der Waals surface area contributed by atoms with Gasteiger partial charge < -0.3 is 25.2 Å². The van der Waals surface area contributed by atoms with Gasteiger partial charge in [0.05, 0.1) is 12.2 Å². The van der Waals surface area contributed by atoms with E-state index in [0.717, 1.165) is 0 Å². The van der Waals surface area contributed by atoms with Gasteiger partial charge in [0.1, 0.15) is 18.5 Å². The number of hydrogen-bond acceptors (Lipinski definition) is 5. The van der Waals surface area contributed by atoms with Crippen LogP contribution in [0.2, 0.25) is 5.02 Å². The maximum Gasteiger partial charge on any atom is 0.303 e. The average molecular weight is 439 g/mol. The summed E-state index contributed by atoms with van der Waals surface area (Å²) in [7, 11) is 0. The summed E-state index contributed by atoms with van der Waals surface area (Å²) in [6.45, 7) is 0.0519. The van der Waals surface area contributed by atoms with Gasteiger partial charge in [-0.3, -0.25) is 4.79 Å². The van der Waals surface area contributed by atoms with Crippen molar-refractivity contribution in [3.8, 4) is 5.75 Å². The molecule has 0 amide bonds. The monoisotopic (exact) mass is 438 g/mol. The van der Waals surface area contributed by atoms with Crippen molar-refractivity contribution in [2.45, 2.75) is 56.8 Å². The molecular weight excluding hydrogens is 408 g/mol. The van der Waals surface area contributed by atoms with E-state index in [1.165, 1.54) is 0 Å². The Morgan fingerprint density at radius 3 is 2.73 bits per heavy atom. The van der Waals surface area contributed by atoms with E-state index in [9.17, 15) is 20.1 Å². The van der Waals surface area contributed by atoms with Crippen LogP contribution in [0.5, 0.6) is 5.75 Å². The molecule has 7 heteroatoms. The number of carboxylic acid groups (broad SMARTS) is 1. The van der Waals surface area contributed by atoms with Gasteiger partial charge in [-0.25, -0.2) is 0 Å². The lowest BCUT2D eigenvalue weighted by molar-refractivity contribution is -0.137. The van der Waals surface area contributed by atoms with Crippen molar-refractivity contribution < 1.29 is 30.0 Å². The van der Waals surface area contributed by atoms with E-state index < -0.39 is 24.3 Å². The first-order chi connectivity index (χ1) is 14.4. The zero-order valence-electron chi connectivity index (χ0n) is 16.9. The van der Waals surface area contributed by atoms with E-state index in [-0.39, 0.29) is 24.9 Å². The third-order valence-corrected chi connectivity index (χ3v) is 5.53. The van der Waals surface area contributed by atoms with Gasteiger partial charge in [0.25, 0.3) is 0 Å². The number of carbonyl (C=O) groups is 1. The van der Waals surface area contributed by atoms with Crippen LogP contribution in [0.25, 0.3) is 0 Å². The molecule has 0 radical (unpaired) electrons. The van der Waals surface area contributed by atoms with Crippen molar-refractivity contribution in [3.05, 3.63) is 53.6 Å². The minimum atomic E-state index is -0.859. The van der Waals surface area contributed by atoms with Crippen LogP contribution in [-0.2, 0) is 4.79 Å². The van der Waals surface area contributed by atoms with E-state index in [0.29, 0.717) is 42.9 Å². The van der Waals surface area contributed by atoms with Crippen LogP contribution < -0.4 is 4.74 Å². The molecule has 6 nitrogen and oxygen atoms in total. The number of aliphatic carboxylic acids is 1. The van der Waals surface area contributed by atoms with Crippen LogP contribution >= 0.6 is 11.6 Å². The molecule has 0 saturated heterocycles. The highest BCUT2D eigenvalue weighted by atomic mass is 35.5. The van der Waals surface area contributed by atoms with E-state index in [1.807, 2.05) is 12.2 Å². The normalized spacial score (nSPS) is 25.6. The van der Waals surface area contributed by atoms with Crippen LogP contribution in [0.1, 0.15) is 38.5 Å². The predicted octanol–water partition coefficient (Wildman–Crippen LogP) is 3.59. The van der Waals surface area contributed by atoms with Crippen molar-refractivity contribution in [1.82, 2.24) is 0 Å². The van der Waals surface area contributed by atoms with Crippen LogP contribution in [-0.4, -0.2) is 51.3 Å². The fourth-order valence-corrected chi connectivity index (χ4v) is 3.85. The number of halogens is 1. The molecule has 0 heterocycles. The molecule has 0 bridgehead atoms. The molecule has 1 aromatic carbocycles. The number of unbranched alkanes of at least 4 members (excludes halogenated alkanes) is 1. The summed E-state index contributed by atoms with van der Waals surface area (Å²) in [5.41, 5.74) is 0. The SMILES string of the molecule is O=C(O)CCC/C=C\C[C@@H]1[C@@H](/C=C/[C@H](O)COc2cccc(Cl)c2)[C@H](O)CC[C@@H]1O. The fourth-order valence-electron chi connectivity index (χ4n) is 3.67. The van der Waals surface area contributed by atoms with E-state index in [4.69, 9.17) is 21.4 Å².